The van der Waals surface area contributed by atoms with Crippen molar-refractivity contribution in [2.45, 2.75) is 19.3 Å². The van der Waals surface area contributed by atoms with Gasteiger partial charge in [0.05, 0.1) is 4.34 Å². The first-order valence-corrected chi connectivity index (χ1v) is 5.93. The topological polar surface area (TPSA) is 17.1 Å². The molecule has 0 spiro atoms. The molecule has 1 heterocycles. The van der Waals surface area contributed by atoms with E-state index in [2.05, 4.69) is 12.2 Å². The predicted octanol–water partition coefficient (Wildman–Crippen LogP) is 3.94. The van der Waals surface area contributed by atoms with Gasteiger partial charge in [0.15, 0.2) is 5.78 Å². The maximum Gasteiger partial charge on any atom is 0.164 e. The summed E-state index contributed by atoms with van der Waals surface area (Å²) >= 11 is 7.19. The molecule has 14 heavy (non-hydrogen) atoms. The molecule has 1 aromatic heterocycles. The Morgan fingerprint density at radius 2 is 2.21 bits per heavy atom. The van der Waals surface area contributed by atoms with Crippen LogP contribution in [0, 0.1) is 5.92 Å². The Balaban J connectivity index is 1.95. The van der Waals surface area contributed by atoms with Gasteiger partial charge < -0.3 is 0 Å². The highest BCUT2D eigenvalue weighted by Gasteiger charge is 2.16. The zero-order chi connectivity index (χ0) is 9.97. The third-order valence-electron chi connectivity index (χ3n) is 2.47. The Morgan fingerprint density at radius 3 is 2.79 bits per heavy atom. The molecule has 74 valence electrons. The lowest BCUT2D eigenvalue weighted by atomic mass is 9.98. The van der Waals surface area contributed by atoms with E-state index >= 15 is 0 Å². The molecule has 0 aromatic carbocycles. The van der Waals surface area contributed by atoms with Crippen LogP contribution in [0.5, 0.6) is 0 Å². The first-order chi connectivity index (χ1) is 6.75. The van der Waals surface area contributed by atoms with Gasteiger partial charge in [-0.2, -0.15) is 0 Å². The molecule has 0 aliphatic heterocycles. The zero-order valence-corrected chi connectivity index (χ0v) is 9.27. The molecule has 1 nitrogen and oxygen atoms in total. The van der Waals surface area contributed by atoms with Gasteiger partial charge in [0.2, 0.25) is 0 Å². The van der Waals surface area contributed by atoms with E-state index in [-0.39, 0.29) is 5.78 Å². The lowest BCUT2D eigenvalue weighted by Crippen LogP contribution is -2.04. The number of allylic oxidation sites excluding steroid dienone is 2. The Kier molecular flexibility index (Phi) is 3.04. The zero-order valence-electron chi connectivity index (χ0n) is 7.70. The molecule has 0 bridgehead atoms. The smallest absolute Gasteiger partial charge is 0.164 e. The van der Waals surface area contributed by atoms with E-state index in [1.165, 1.54) is 11.3 Å². The highest BCUT2D eigenvalue weighted by Crippen LogP contribution is 2.26. The Labute approximate surface area is 92.4 Å². The van der Waals surface area contributed by atoms with Gasteiger partial charge in [0.1, 0.15) is 0 Å². The van der Waals surface area contributed by atoms with E-state index in [1.54, 1.807) is 6.07 Å². The van der Waals surface area contributed by atoms with E-state index in [1.807, 2.05) is 5.38 Å². The van der Waals surface area contributed by atoms with Crippen molar-refractivity contribution in [3.63, 3.8) is 0 Å². The van der Waals surface area contributed by atoms with Crippen molar-refractivity contribution in [2.24, 2.45) is 5.92 Å². The second-order valence-electron chi connectivity index (χ2n) is 3.58. The SMILES string of the molecule is O=C(CC1CC=CC1)c1csc(Cl)c1. The predicted molar refractivity (Wildman–Crippen MR) is 60.1 cm³/mol. The fourth-order valence-electron chi connectivity index (χ4n) is 1.68. The number of hydrogen-bond donors (Lipinski definition) is 0. The van der Waals surface area contributed by atoms with Crippen LogP contribution in [-0.4, -0.2) is 5.78 Å². The molecule has 0 unspecified atom stereocenters. The molecular formula is C11H11ClOS. The average molecular weight is 227 g/mol. The lowest BCUT2D eigenvalue weighted by Gasteiger charge is -2.05. The summed E-state index contributed by atoms with van der Waals surface area (Å²) in [7, 11) is 0. The highest BCUT2D eigenvalue weighted by atomic mass is 35.5. The van der Waals surface area contributed by atoms with Gasteiger partial charge in [-0.1, -0.05) is 23.8 Å². The van der Waals surface area contributed by atoms with Gasteiger partial charge >= 0.3 is 0 Å². The molecular weight excluding hydrogens is 216 g/mol. The molecule has 0 saturated heterocycles. The molecule has 2 rings (SSSR count). The van der Waals surface area contributed by atoms with Crippen LogP contribution >= 0.6 is 22.9 Å². The van der Waals surface area contributed by atoms with Gasteiger partial charge in [-0.15, -0.1) is 11.3 Å². The van der Waals surface area contributed by atoms with E-state index in [0.717, 1.165) is 18.4 Å². The number of rotatable bonds is 3. The minimum absolute atomic E-state index is 0.224. The number of hydrogen-bond acceptors (Lipinski definition) is 2. The second kappa shape index (κ2) is 4.28. The maximum atomic E-state index is 11.7. The van der Waals surface area contributed by atoms with Gasteiger partial charge in [-0.3, -0.25) is 4.79 Å². The molecule has 0 saturated carbocycles. The Hall–Kier alpha value is -0.600. The largest absolute Gasteiger partial charge is 0.294 e. The van der Waals surface area contributed by atoms with Crippen LogP contribution in [-0.2, 0) is 0 Å². The lowest BCUT2D eigenvalue weighted by molar-refractivity contribution is 0.0964. The van der Waals surface area contributed by atoms with Crippen LogP contribution in [0.3, 0.4) is 0 Å². The molecule has 1 aromatic rings. The van der Waals surface area contributed by atoms with Gasteiger partial charge in [0.25, 0.3) is 0 Å². The van der Waals surface area contributed by atoms with Crippen molar-refractivity contribution in [1.29, 1.82) is 0 Å². The fourth-order valence-corrected chi connectivity index (χ4v) is 2.56. The molecule has 1 aliphatic rings. The highest BCUT2D eigenvalue weighted by molar-refractivity contribution is 7.14. The van der Waals surface area contributed by atoms with Crippen molar-refractivity contribution >= 4 is 28.7 Å². The van der Waals surface area contributed by atoms with Crippen molar-refractivity contribution in [1.82, 2.24) is 0 Å². The van der Waals surface area contributed by atoms with Crippen LogP contribution in [0.25, 0.3) is 0 Å². The quantitative estimate of drug-likeness (QED) is 0.564. The second-order valence-corrected chi connectivity index (χ2v) is 5.12. The molecule has 1 aliphatic carbocycles. The molecule has 0 amide bonds. The normalized spacial score (nSPS) is 16.4. The fraction of sp³-hybridized carbons (Fsp3) is 0.364. The summed E-state index contributed by atoms with van der Waals surface area (Å²) in [5.41, 5.74) is 0.770. The maximum absolute atomic E-state index is 11.7. The molecule has 0 N–H and O–H groups in total. The molecule has 3 heteroatoms. The van der Waals surface area contributed by atoms with Gasteiger partial charge in [-0.05, 0) is 24.8 Å². The van der Waals surface area contributed by atoms with Gasteiger partial charge in [-0.25, -0.2) is 0 Å². The minimum Gasteiger partial charge on any atom is -0.294 e. The number of carbonyl (C=O) groups is 1. The average Bonchev–Trinajstić information content (AvgIpc) is 2.75. The van der Waals surface area contributed by atoms with Crippen molar-refractivity contribution in [2.75, 3.05) is 0 Å². The summed E-state index contributed by atoms with van der Waals surface area (Å²) < 4.78 is 0.692. The number of ketones is 1. The summed E-state index contributed by atoms with van der Waals surface area (Å²) in [6.45, 7) is 0. The minimum atomic E-state index is 0.224. The Bertz CT molecular complexity index is 359. The van der Waals surface area contributed by atoms with Crippen LogP contribution in [0.4, 0.5) is 0 Å². The van der Waals surface area contributed by atoms with Gasteiger partial charge in [0, 0.05) is 17.4 Å². The summed E-state index contributed by atoms with van der Waals surface area (Å²) in [5.74, 6) is 0.739. The third kappa shape index (κ3) is 2.25. The van der Waals surface area contributed by atoms with Crippen molar-refractivity contribution < 1.29 is 4.79 Å². The number of carbonyl (C=O) groups excluding carboxylic acids is 1. The van der Waals surface area contributed by atoms with Crippen molar-refractivity contribution in [3.8, 4) is 0 Å². The summed E-state index contributed by atoms with van der Waals surface area (Å²) in [5, 5.41) is 1.84. The van der Waals surface area contributed by atoms with Crippen LogP contribution in [0.1, 0.15) is 29.6 Å². The summed E-state index contributed by atoms with van der Waals surface area (Å²) in [6, 6.07) is 1.76. The van der Waals surface area contributed by atoms with E-state index in [0.29, 0.717) is 16.7 Å². The third-order valence-corrected chi connectivity index (χ3v) is 3.56. The van der Waals surface area contributed by atoms with E-state index < -0.39 is 0 Å². The van der Waals surface area contributed by atoms with Crippen LogP contribution in [0.15, 0.2) is 23.6 Å². The van der Waals surface area contributed by atoms with Crippen LogP contribution < -0.4 is 0 Å². The number of Topliss-reactive ketones (excluding diaryl/α,β-unsaturated/α-hetero) is 1. The molecule has 0 fully saturated rings. The van der Waals surface area contributed by atoms with Crippen LogP contribution in [0.2, 0.25) is 4.34 Å². The monoisotopic (exact) mass is 226 g/mol. The Morgan fingerprint density at radius 1 is 1.50 bits per heavy atom. The van der Waals surface area contributed by atoms with E-state index in [4.69, 9.17) is 11.6 Å². The summed E-state index contributed by atoms with van der Waals surface area (Å²) in [6.07, 6.45) is 7.05. The molecule has 0 radical (unpaired) electrons. The standard InChI is InChI=1S/C11H11ClOS/c12-11-6-9(7-14-11)10(13)5-8-3-1-2-4-8/h1-2,6-8H,3-5H2. The first kappa shape index (κ1) is 9.94. The number of halogens is 1. The summed E-state index contributed by atoms with van der Waals surface area (Å²) in [4.78, 5) is 11.7. The van der Waals surface area contributed by atoms with Crippen molar-refractivity contribution in [3.05, 3.63) is 33.5 Å². The molecule has 0 atom stereocenters. The van der Waals surface area contributed by atoms with E-state index in [9.17, 15) is 4.79 Å². The first-order valence-electron chi connectivity index (χ1n) is 4.68. The number of thiophene rings is 1.